The van der Waals surface area contributed by atoms with Gasteiger partial charge in [-0.2, -0.15) is 0 Å². The summed E-state index contributed by atoms with van der Waals surface area (Å²) < 4.78 is 11.7. The molecule has 0 spiro atoms. The number of hydrogen-bond donors (Lipinski definition) is 0. The van der Waals surface area contributed by atoms with Crippen molar-refractivity contribution in [3.8, 4) is 0 Å². The minimum absolute atomic E-state index is 0.0681. The number of benzene rings is 1. The zero-order chi connectivity index (χ0) is 18.4. The van der Waals surface area contributed by atoms with E-state index in [9.17, 15) is 9.59 Å². The van der Waals surface area contributed by atoms with Gasteiger partial charge in [0.25, 0.3) is 0 Å². The third kappa shape index (κ3) is 6.46. The van der Waals surface area contributed by atoms with E-state index in [4.69, 9.17) is 9.47 Å². The van der Waals surface area contributed by atoms with Gasteiger partial charge in [0.15, 0.2) is 6.61 Å². The Morgan fingerprint density at radius 1 is 1.16 bits per heavy atom. The molecule has 25 heavy (non-hydrogen) atoms. The van der Waals surface area contributed by atoms with Crippen LogP contribution in [-0.2, 0) is 25.5 Å². The van der Waals surface area contributed by atoms with Crippen LogP contribution in [0.15, 0.2) is 28.7 Å². The molecule has 0 heterocycles. The number of ether oxygens (including phenoxy) is 2. The van der Waals surface area contributed by atoms with Gasteiger partial charge in [-0.15, -0.1) is 0 Å². The Morgan fingerprint density at radius 2 is 1.84 bits per heavy atom. The van der Waals surface area contributed by atoms with Gasteiger partial charge >= 0.3 is 11.9 Å². The molecule has 1 aromatic rings. The summed E-state index contributed by atoms with van der Waals surface area (Å²) in [7, 11) is 0. The molecular formula is C20H27BrO4. The fraction of sp³-hybridized carbons (Fsp3) is 0.600. The van der Waals surface area contributed by atoms with Gasteiger partial charge in [0.1, 0.15) is 6.10 Å². The summed E-state index contributed by atoms with van der Waals surface area (Å²) in [5, 5.41) is 0. The van der Waals surface area contributed by atoms with Crippen LogP contribution in [0.1, 0.15) is 45.6 Å². The molecule has 0 radical (unpaired) electrons. The van der Waals surface area contributed by atoms with Crippen molar-refractivity contribution in [1.29, 1.82) is 0 Å². The second-order valence-electron chi connectivity index (χ2n) is 7.32. The monoisotopic (exact) mass is 410 g/mol. The number of carbonyl (C=O) groups excluding carboxylic acids is 2. The lowest BCUT2D eigenvalue weighted by Gasteiger charge is -2.36. The van der Waals surface area contributed by atoms with E-state index in [2.05, 4.69) is 36.7 Å². The molecule has 0 N–H and O–H groups in total. The largest absolute Gasteiger partial charge is 0.460 e. The Kier molecular flexibility index (Phi) is 7.48. The molecule has 1 saturated carbocycles. The summed E-state index contributed by atoms with van der Waals surface area (Å²) in [4.78, 5) is 24.0. The second-order valence-corrected chi connectivity index (χ2v) is 8.23. The predicted octanol–water partition coefficient (Wildman–Crippen LogP) is 4.54. The molecule has 5 heteroatoms. The van der Waals surface area contributed by atoms with E-state index in [0.29, 0.717) is 17.8 Å². The van der Waals surface area contributed by atoms with E-state index in [1.54, 1.807) is 0 Å². The lowest BCUT2D eigenvalue weighted by atomic mass is 9.75. The standard InChI is InChI=1S/C20H27BrO4/c1-13(2)17-9-4-14(3)10-18(17)25-20(23)12-24-19(22)11-15-5-7-16(21)8-6-15/h5-8,13-14,17-18H,4,9-12H2,1-3H3/t14-,17+,18-/m0/s1. The van der Waals surface area contributed by atoms with Crippen LogP contribution >= 0.6 is 15.9 Å². The van der Waals surface area contributed by atoms with Crippen LogP contribution in [0.4, 0.5) is 0 Å². The highest BCUT2D eigenvalue weighted by atomic mass is 79.9. The molecular weight excluding hydrogens is 384 g/mol. The van der Waals surface area contributed by atoms with Crippen molar-refractivity contribution < 1.29 is 19.1 Å². The van der Waals surface area contributed by atoms with Gasteiger partial charge in [-0.05, 0) is 48.3 Å². The Balaban J connectivity index is 1.78. The SMILES string of the molecule is CC(C)[C@H]1CC[C@H](C)C[C@@H]1OC(=O)COC(=O)Cc1ccc(Br)cc1. The van der Waals surface area contributed by atoms with Crippen molar-refractivity contribution in [2.75, 3.05) is 6.61 Å². The van der Waals surface area contributed by atoms with Crippen LogP contribution in [0.3, 0.4) is 0 Å². The number of esters is 2. The Hall–Kier alpha value is -1.36. The van der Waals surface area contributed by atoms with E-state index >= 15 is 0 Å². The minimum atomic E-state index is -0.450. The molecule has 0 saturated heterocycles. The minimum Gasteiger partial charge on any atom is -0.460 e. The molecule has 0 aromatic heterocycles. The number of carbonyl (C=O) groups is 2. The third-order valence-corrected chi connectivity index (χ3v) is 5.39. The van der Waals surface area contributed by atoms with Gasteiger partial charge in [0.2, 0.25) is 0 Å². The Morgan fingerprint density at radius 3 is 2.48 bits per heavy atom. The van der Waals surface area contributed by atoms with Crippen LogP contribution in [-0.4, -0.2) is 24.6 Å². The second kappa shape index (κ2) is 9.37. The van der Waals surface area contributed by atoms with E-state index in [1.807, 2.05) is 24.3 Å². The van der Waals surface area contributed by atoms with Crippen LogP contribution in [0.25, 0.3) is 0 Å². The molecule has 0 bridgehead atoms. The molecule has 1 aliphatic carbocycles. The van der Waals surface area contributed by atoms with Gasteiger partial charge in [-0.1, -0.05) is 55.3 Å². The summed E-state index contributed by atoms with van der Waals surface area (Å²) in [5.41, 5.74) is 0.850. The zero-order valence-electron chi connectivity index (χ0n) is 15.2. The average molecular weight is 411 g/mol. The highest BCUT2D eigenvalue weighted by Gasteiger charge is 2.33. The fourth-order valence-corrected chi connectivity index (χ4v) is 3.68. The van der Waals surface area contributed by atoms with Crippen molar-refractivity contribution in [1.82, 2.24) is 0 Å². The highest BCUT2D eigenvalue weighted by Crippen LogP contribution is 2.35. The summed E-state index contributed by atoms with van der Waals surface area (Å²) in [6.45, 7) is 6.21. The van der Waals surface area contributed by atoms with Crippen molar-refractivity contribution in [2.24, 2.45) is 17.8 Å². The first-order valence-electron chi connectivity index (χ1n) is 8.94. The molecule has 0 unspecified atom stereocenters. The van der Waals surface area contributed by atoms with Crippen LogP contribution in [0.5, 0.6) is 0 Å². The van der Waals surface area contributed by atoms with Crippen LogP contribution in [0.2, 0.25) is 0 Å². The van der Waals surface area contributed by atoms with E-state index in [-0.39, 0.29) is 19.1 Å². The first kappa shape index (κ1) is 20.0. The van der Waals surface area contributed by atoms with Crippen molar-refractivity contribution >= 4 is 27.9 Å². The van der Waals surface area contributed by atoms with Crippen LogP contribution in [0, 0.1) is 17.8 Å². The lowest BCUT2D eigenvalue weighted by molar-refractivity contribution is -0.166. The topological polar surface area (TPSA) is 52.6 Å². The molecule has 0 aliphatic heterocycles. The number of rotatable bonds is 6. The van der Waals surface area contributed by atoms with Crippen molar-refractivity contribution in [2.45, 2.75) is 52.6 Å². The zero-order valence-corrected chi connectivity index (χ0v) is 16.8. The van der Waals surface area contributed by atoms with E-state index in [0.717, 1.165) is 22.9 Å². The quantitative estimate of drug-likeness (QED) is 0.645. The summed E-state index contributed by atoms with van der Waals surface area (Å²) in [6.07, 6.45) is 3.23. The van der Waals surface area contributed by atoms with Crippen molar-refractivity contribution in [3.63, 3.8) is 0 Å². The summed E-state index contributed by atoms with van der Waals surface area (Å²) in [6, 6.07) is 7.43. The molecule has 3 atom stereocenters. The maximum absolute atomic E-state index is 12.1. The average Bonchev–Trinajstić information content (AvgIpc) is 2.55. The summed E-state index contributed by atoms with van der Waals surface area (Å²) >= 11 is 3.35. The summed E-state index contributed by atoms with van der Waals surface area (Å²) in [5.74, 6) is 0.558. The molecule has 1 fully saturated rings. The Bertz CT molecular complexity index is 582. The smallest absolute Gasteiger partial charge is 0.344 e. The molecule has 138 valence electrons. The maximum Gasteiger partial charge on any atom is 0.344 e. The van der Waals surface area contributed by atoms with E-state index < -0.39 is 11.9 Å². The van der Waals surface area contributed by atoms with E-state index in [1.165, 1.54) is 6.42 Å². The first-order chi connectivity index (χ1) is 11.8. The third-order valence-electron chi connectivity index (χ3n) is 4.86. The molecule has 4 nitrogen and oxygen atoms in total. The molecule has 1 aromatic carbocycles. The molecule has 0 amide bonds. The maximum atomic E-state index is 12.1. The van der Waals surface area contributed by atoms with Gasteiger partial charge in [0.05, 0.1) is 6.42 Å². The first-order valence-corrected chi connectivity index (χ1v) is 9.74. The van der Waals surface area contributed by atoms with Gasteiger partial charge in [0, 0.05) is 4.47 Å². The Labute approximate surface area is 158 Å². The predicted molar refractivity (Wildman–Crippen MR) is 100 cm³/mol. The fourth-order valence-electron chi connectivity index (χ4n) is 3.41. The lowest BCUT2D eigenvalue weighted by Crippen LogP contribution is -2.36. The number of halogens is 1. The van der Waals surface area contributed by atoms with Gasteiger partial charge < -0.3 is 9.47 Å². The number of hydrogen-bond acceptors (Lipinski definition) is 4. The molecule has 2 rings (SSSR count). The van der Waals surface area contributed by atoms with Crippen LogP contribution < -0.4 is 0 Å². The van der Waals surface area contributed by atoms with Crippen molar-refractivity contribution in [3.05, 3.63) is 34.3 Å². The highest BCUT2D eigenvalue weighted by molar-refractivity contribution is 9.10. The van der Waals surface area contributed by atoms with Gasteiger partial charge in [-0.3, -0.25) is 4.79 Å². The van der Waals surface area contributed by atoms with Gasteiger partial charge in [-0.25, -0.2) is 4.79 Å². The molecule has 1 aliphatic rings. The normalized spacial score (nSPS) is 23.3.